The highest BCUT2D eigenvalue weighted by Crippen LogP contribution is 2.30. The molecule has 10 nitrogen and oxygen atoms in total. The number of benzene rings is 2. The summed E-state index contributed by atoms with van der Waals surface area (Å²) in [5.41, 5.74) is 3.58. The number of amides is 2. The first-order chi connectivity index (χ1) is 20.0. The van der Waals surface area contributed by atoms with Gasteiger partial charge in [-0.1, -0.05) is 31.2 Å². The number of ether oxygens (including phenoxy) is 1. The summed E-state index contributed by atoms with van der Waals surface area (Å²) in [6.07, 6.45) is 1.34. The number of carbonyl (C=O) groups is 3. The average molecular weight is 575 g/mol. The maximum atomic E-state index is 13.8. The Kier molecular flexibility index (Phi) is 9.59. The van der Waals surface area contributed by atoms with Crippen LogP contribution >= 0.6 is 0 Å². The first-order valence-corrected chi connectivity index (χ1v) is 13.9. The Morgan fingerprint density at radius 3 is 2.29 bits per heavy atom. The van der Waals surface area contributed by atoms with Crippen molar-refractivity contribution in [1.82, 2.24) is 19.7 Å². The van der Waals surface area contributed by atoms with Gasteiger partial charge in [-0.3, -0.25) is 14.5 Å². The third-order valence-electron chi connectivity index (χ3n) is 7.54. The molecule has 3 aromatic rings. The molecule has 0 unspecified atom stereocenters. The summed E-state index contributed by atoms with van der Waals surface area (Å²) in [4.78, 5) is 47.1. The fourth-order valence-electron chi connectivity index (χ4n) is 4.98. The van der Waals surface area contributed by atoms with Crippen molar-refractivity contribution in [2.75, 3.05) is 40.8 Å². The molecule has 1 aliphatic rings. The lowest BCUT2D eigenvalue weighted by molar-refractivity contribution is 0.0325. The van der Waals surface area contributed by atoms with Gasteiger partial charge in [0.2, 0.25) is 5.88 Å². The molecular weight excluding hydrogens is 536 g/mol. The fraction of sp³-hybridized carbons (Fsp3) is 0.375. The molecular formula is C32H38N4O6. The molecule has 2 amide bonds. The number of hydrogen-bond donors (Lipinski definition) is 2. The van der Waals surface area contributed by atoms with Gasteiger partial charge >= 0.3 is 5.97 Å². The van der Waals surface area contributed by atoms with Crippen LogP contribution in [0.15, 0.2) is 60.8 Å². The summed E-state index contributed by atoms with van der Waals surface area (Å²) in [6, 6.07) is 15.3. The van der Waals surface area contributed by atoms with E-state index in [1.807, 2.05) is 33.0 Å². The summed E-state index contributed by atoms with van der Waals surface area (Å²) in [5.74, 6) is -1.17. The van der Waals surface area contributed by atoms with Gasteiger partial charge in [0.05, 0.1) is 18.2 Å². The van der Waals surface area contributed by atoms with Crippen molar-refractivity contribution in [2.45, 2.75) is 32.5 Å². The van der Waals surface area contributed by atoms with Crippen LogP contribution in [0.5, 0.6) is 5.88 Å². The van der Waals surface area contributed by atoms with E-state index in [1.165, 1.54) is 4.90 Å². The number of aliphatic hydroxyl groups is 1. The Hall–Kier alpha value is -4.28. The smallest absolute Gasteiger partial charge is 0.335 e. The van der Waals surface area contributed by atoms with Gasteiger partial charge in [-0.15, -0.1) is 0 Å². The molecule has 0 radical (unpaired) electrons. The van der Waals surface area contributed by atoms with Crippen LogP contribution in [0, 0.1) is 5.92 Å². The van der Waals surface area contributed by atoms with Gasteiger partial charge < -0.3 is 24.7 Å². The van der Waals surface area contributed by atoms with Gasteiger partial charge in [0.15, 0.2) is 0 Å². The molecule has 42 heavy (non-hydrogen) atoms. The number of pyridine rings is 1. The van der Waals surface area contributed by atoms with Crippen LogP contribution in [0.4, 0.5) is 0 Å². The predicted molar refractivity (Wildman–Crippen MR) is 159 cm³/mol. The molecule has 2 heterocycles. The largest absolute Gasteiger partial charge is 0.478 e. The van der Waals surface area contributed by atoms with Gasteiger partial charge in [-0.25, -0.2) is 9.78 Å². The fourth-order valence-corrected chi connectivity index (χ4v) is 4.98. The van der Waals surface area contributed by atoms with Crippen LogP contribution < -0.4 is 4.74 Å². The number of carboxylic acid groups (broad SMARTS) is 1. The number of hydrogen-bond acceptors (Lipinski definition) is 7. The lowest BCUT2D eigenvalue weighted by Crippen LogP contribution is -2.49. The van der Waals surface area contributed by atoms with Crippen molar-refractivity contribution in [3.63, 3.8) is 0 Å². The molecule has 0 saturated heterocycles. The Bertz CT molecular complexity index is 1420. The number of aromatic nitrogens is 1. The molecule has 3 atom stereocenters. The van der Waals surface area contributed by atoms with Crippen LogP contribution in [-0.2, 0) is 6.54 Å². The van der Waals surface area contributed by atoms with E-state index in [0.29, 0.717) is 36.3 Å². The molecule has 0 aliphatic carbocycles. The lowest BCUT2D eigenvalue weighted by atomic mass is 9.98. The minimum Gasteiger partial charge on any atom is -0.478 e. The zero-order chi connectivity index (χ0) is 30.6. The number of aliphatic hydroxyl groups excluding tert-OH is 1. The zero-order valence-corrected chi connectivity index (χ0v) is 24.7. The Labute approximate surface area is 246 Å². The Morgan fingerprint density at radius 2 is 1.69 bits per heavy atom. The number of fused-ring (bicyclic) bond motifs is 1. The third kappa shape index (κ3) is 6.95. The van der Waals surface area contributed by atoms with Gasteiger partial charge in [0.1, 0.15) is 11.7 Å². The average Bonchev–Trinajstić information content (AvgIpc) is 2.98. The minimum absolute atomic E-state index is 0.0730. The monoisotopic (exact) mass is 574 g/mol. The zero-order valence-electron chi connectivity index (χ0n) is 24.7. The number of nitrogens with zero attached hydrogens (tertiary/aromatic N) is 4. The number of likely N-dealkylation sites (N-methyl/N-ethyl adjacent to an activating group) is 1. The quantitative estimate of drug-likeness (QED) is 0.398. The summed E-state index contributed by atoms with van der Waals surface area (Å²) in [5, 5.41) is 19.1. The van der Waals surface area contributed by atoms with E-state index in [0.717, 1.165) is 11.1 Å². The van der Waals surface area contributed by atoms with E-state index in [-0.39, 0.29) is 41.9 Å². The van der Waals surface area contributed by atoms with Crippen molar-refractivity contribution in [1.29, 1.82) is 0 Å². The molecule has 0 saturated carbocycles. The van der Waals surface area contributed by atoms with Crippen molar-refractivity contribution in [3.05, 3.63) is 83.0 Å². The van der Waals surface area contributed by atoms with E-state index in [9.17, 15) is 24.6 Å². The Balaban J connectivity index is 1.61. The topological polar surface area (TPSA) is 124 Å². The van der Waals surface area contributed by atoms with Crippen molar-refractivity contribution < 1.29 is 29.3 Å². The molecule has 0 bridgehead atoms. The normalized spacial score (nSPS) is 17.6. The van der Waals surface area contributed by atoms with Crippen LogP contribution in [0.2, 0.25) is 0 Å². The SMILES string of the molecule is C[C@@H]1CN([C@H](C)CO)C(=O)c2cc(-c3ccc(C(=O)N(C)C)cc3)cnc2O[C@@H]1CN(C)Cc1ccc(C(=O)O)cc1. The molecule has 0 spiro atoms. The number of carboxylic acids is 1. The highest BCUT2D eigenvalue weighted by Gasteiger charge is 2.34. The van der Waals surface area contributed by atoms with Gasteiger partial charge in [0.25, 0.3) is 11.8 Å². The van der Waals surface area contributed by atoms with Crippen LogP contribution in [0.1, 0.15) is 50.5 Å². The second-order valence-corrected chi connectivity index (χ2v) is 11.2. The van der Waals surface area contributed by atoms with E-state index in [2.05, 4.69) is 9.88 Å². The van der Waals surface area contributed by atoms with Gasteiger partial charge in [-0.2, -0.15) is 0 Å². The third-order valence-corrected chi connectivity index (χ3v) is 7.54. The van der Waals surface area contributed by atoms with Crippen LogP contribution in [0.3, 0.4) is 0 Å². The molecule has 2 aromatic carbocycles. The van der Waals surface area contributed by atoms with E-state index in [4.69, 9.17) is 4.74 Å². The molecule has 222 valence electrons. The first-order valence-electron chi connectivity index (χ1n) is 13.9. The summed E-state index contributed by atoms with van der Waals surface area (Å²) in [6.45, 7) is 5.14. The van der Waals surface area contributed by atoms with Gasteiger partial charge in [-0.05, 0) is 55.4 Å². The maximum Gasteiger partial charge on any atom is 0.335 e. The van der Waals surface area contributed by atoms with Crippen molar-refractivity contribution in [3.8, 4) is 17.0 Å². The van der Waals surface area contributed by atoms with Crippen molar-refractivity contribution in [2.24, 2.45) is 5.92 Å². The molecule has 0 fully saturated rings. The second-order valence-electron chi connectivity index (χ2n) is 11.2. The molecule has 10 heteroatoms. The van der Waals surface area contributed by atoms with E-state index < -0.39 is 12.0 Å². The van der Waals surface area contributed by atoms with Crippen LogP contribution in [0.25, 0.3) is 11.1 Å². The molecule has 2 N–H and O–H groups in total. The molecule has 4 rings (SSSR count). The predicted octanol–water partition coefficient (Wildman–Crippen LogP) is 3.50. The van der Waals surface area contributed by atoms with Gasteiger partial charge in [0, 0.05) is 57.0 Å². The Morgan fingerprint density at radius 1 is 1.05 bits per heavy atom. The van der Waals surface area contributed by atoms with E-state index >= 15 is 0 Å². The number of rotatable bonds is 9. The standard InChI is InChI=1S/C32H38N4O6/c1-20-16-36(21(2)19-37)31(39)27-14-26(23-10-12-24(13-11-23)30(38)34(3)4)15-33-29(27)42-28(20)18-35(5)17-22-6-8-25(9-7-22)32(40)41/h6-15,20-21,28,37H,16-19H2,1-5H3,(H,40,41)/t20-,21-,28-/m1/s1. The minimum atomic E-state index is -0.964. The summed E-state index contributed by atoms with van der Waals surface area (Å²) >= 11 is 0. The highest BCUT2D eigenvalue weighted by atomic mass is 16.5. The molecule has 1 aliphatic heterocycles. The first kappa shape index (κ1) is 30.7. The van der Waals surface area contributed by atoms with E-state index in [1.54, 1.807) is 67.7 Å². The number of carbonyl (C=O) groups excluding carboxylic acids is 2. The second kappa shape index (κ2) is 13.1. The summed E-state index contributed by atoms with van der Waals surface area (Å²) in [7, 11) is 5.36. The summed E-state index contributed by atoms with van der Waals surface area (Å²) < 4.78 is 6.42. The number of aromatic carboxylic acids is 1. The lowest BCUT2D eigenvalue weighted by Gasteiger charge is -2.37. The molecule has 1 aromatic heterocycles. The van der Waals surface area contributed by atoms with Crippen LogP contribution in [-0.4, -0.2) is 101 Å². The highest BCUT2D eigenvalue weighted by molar-refractivity contribution is 5.98. The van der Waals surface area contributed by atoms with Crippen molar-refractivity contribution >= 4 is 17.8 Å². The maximum absolute atomic E-state index is 13.8.